The SMILES string of the molecule is CS(=O)(=O)C1CCN(C2CCCCCCC2)CC1. The minimum absolute atomic E-state index is 0.0812. The van der Waals surface area contributed by atoms with Crippen molar-refractivity contribution in [2.45, 2.75) is 69.1 Å². The molecular weight excluding hydrogens is 246 g/mol. The molecule has 0 aromatic heterocycles. The van der Waals surface area contributed by atoms with Crippen LogP contribution < -0.4 is 0 Å². The first-order valence-corrected chi connectivity index (χ1v) is 9.46. The minimum atomic E-state index is -2.82. The molecule has 2 fully saturated rings. The number of nitrogens with zero attached hydrogens (tertiary/aromatic N) is 1. The molecule has 0 spiro atoms. The minimum Gasteiger partial charge on any atom is -0.300 e. The Morgan fingerprint density at radius 1 is 0.833 bits per heavy atom. The average molecular weight is 273 g/mol. The fraction of sp³-hybridized carbons (Fsp3) is 1.00. The topological polar surface area (TPSA) is 37.4 Å². The lowest BCUT2D eigenvalue weighted by molar-refractivity contribution is 0.140. The summed E-state index contributed by atoms with van der Waals surface area (Å²) in [6.45, 7) is 1.98. The second-order valence-electron chi connectivity index (χ2n) is 6.06. The fourth-order valence-electron chi connectivity index (χ4n) is 3.47. The second-order valence-corrected chi connectivity index (χ2v) is 8.39. The van der Waals surface area contributed by atoms with Crippen molar-refractivity contribution in [3.8, 4) is 0 Å². The molecule has 18 heavy (non-hydrogen) atoms. The molecule has 1 saturated carbocycles. The lowest BCUT2D eigenvalue weighted by atomic mass is 9.94. The summed E-state index contributed by atoms with van der Waals surface area (Å²) in [5, 5.41) is -0.0812. The summed E-state index contributed by atoms with van der Waals surface area (Å²) in [5.41, 5.74) is 0. The Morgan fingerprint density at radius 2 is 1.33 bits per heavy atom. The second kappa shape index (κ2) is 6.38. The van der Waals surface area contributed by atoms with Gasteiger partial charge < -0.3 is 4.90 Å². The maximum absolute atomic E-state index is 11.6. The summed E-state index contributed by atoms with van der Waals surface area (Å²) in [5.74, 6) is 0. The van der Waals surface area contributed by atoms with Crippen molar-refractivity contribution in [2.24, 2.45) is 0 Å². The van der Waals surface area contributed by atoms with Gasteiger partial charge in [-0.1, -0.05) is 32.1 Å². The number of piperidine rings is 1. The van der Waals surface area contributed by atoms with E-state index in [0.717, 1.165) is 32.0 Å². The summed E-state index contributed by atoms with van der Waals surface area (Å²) in [4.78, 5) is 2.56. The van der Waals surface area contributed by atoms with Crippen LogP contribution in [0.15, 0.2) is 0 Å². The van der Waals surface area contributed by atoms with Crippen molar-refractivity contribution in [1.29, 1.82) is 0 Å². The standard InChI is InChI=1S/C14H27NO2S/c1-18(16,17)14-9-11-15(12-10-14)13-7-5-3-2-4-6-8-13/h13-14H,2-12H2,1H3. The Balaban J connectivity index is 1.84. The van der Waals surface area contributed by atoms with Crippen molar-refractivity contribution < 1.29 is 8.42 Å². The summed E-state index contributed by atoms with van der Waals surface area (Å²) in [6.07, 6.45) is 12.6. The van der Waals surface area contributed by atoms with Crippen molar-refractivity contribution in [2.75, 3.05) is 19.3 Å². The van der Waals surface area contributed by atoms with Crippen LogP contribution in [0.5, 0.6) is 0 Å². The molecule has 0 atom stereocenters. The molecule has 0 amide bonds. The summed E-state index contributed by atoms with van der Waals surface area (Å²) in [6, 6.07) is 0.728. The third-order valence-electron chi connectivity index (χ3n) is 4.67. The molecule has 0 aromatic rings. The average Bonchev–Trinajstić information content (AvgIpc) is 2.27. The van der Waals surface area contributed by atoms with Crippen LogP contribution in [0, 0.1) is 0 Å². The van der Waals surface area contributed by atoms with Crippen LogP contribution in [0.25, 0.3) is 0 Å². The van der Waals surface area contributed by atoms with Crippen LogP contribution >= 0.6 is 0 Å². The van der Waals surface area contributed by atoms with E-state index in [9.17, 15) is 8.42 Å². The van der Waals surface area contributed by atoms with Gasteiger partial charge in [0, 0.05) is 12.3 Å². The number of hydrogen-bond acceptors (Lipinski definition) is 3. The van der Waals surface area contributed by atoms with E-state index in [1.165, 1.54) is 51.2 Å². The van der Waals surface area contributed by atoms with Gasteiger partial charge in [-0.15, -0.1) is 0 Å². The first-order valence-electron chi connectivity index (χ1n) is 7.50. The van der Waals surface area contributed by atoms with Gasteiger partial charge in [0.15, 0.2) is 0 Å². The smallest absolute Gasteiger partial charge is 0.150 e. The number of hydrogen-bond donors (Lipinski definition) is 0. The normalized spacial score (nSPS) is 26.7. The van der Waals surface area contributed by atoms with Crippen LogP contribution in [0.3, 0.4) is 0 Å². The number of rotatable bonds is 2. The number of sulfone groups is 1. The molecule has 0 N–H and O–H groups in total. The highest BCUT2D eigenvalue weighted by Crippen LogP contribution is 2.25. The zero-order valence-corrected chi connectivity index (χ0v) is 12.4. The van der Waals surface area contributed by atoms with Crippen LogP contribution in [0.2, 0.25) is 0 Å². The van der Waals surface area contributed by atoms with E-state index in [0.29, 0.717) is 0 Å². The molecule has 1 aliphatic heterocycles. The Labute approximate surface area is 112 Å². The van der Waals surface area contributed by atoms with Crippen LogP contribution in [-0.4, -0.2) is 44.0 Å². The molecule has 2 rings (SSSR count). The molecule has 1 heterocycles. The van der Waals surface area contributed by atoms with E-state index in [4.69, 9.17) is 0 Å². The molecule has 1 saturated heterocycles. The highest BCUT2D eigenvalue weighted by molar-refractivity contribution is 7.91. The van der Waals surface area contributed by atoms with Gasteiger partial charge >= 0.3 is 0 Å². The van der Waals surface area contributed by atoms with E-state index in [2.05, 4.69) is 4.90 Å². The van der Waals surface area contributed by atoms with Gasteiger partial charge in [0.2, 0.25) is 0 Å². The predicted molar refractivity (Wildman–Crippen MR) is 75.5 cm³/mol. The molecule has 3 nitrogen and oxygen atoms in total. The van der Waals surface area contributed by atoms with Gasteiger partial charge in [-0.2, -0.15) is 0 Å². The highest BCUT2D eigenvalue weighted by atomic mass is 32.2. The van der Waals surface area contributed by atoms with E-state index in [1.54, 1.807) is 0 Å². The summed E-state index contributed by atoms with van der Waals surface area (Å²) in [7, 11) is -2.82. The van der Waals surface area contributed by atoms with E-state index in [1.807, 2.05) is 0 Å². The lowest BCUT2D eigenvalue weighted by Crippen LogP contribution is -2.44. The fourth-order valence-corrected chi connectivity index (χ4v) is 4.54. The number of likely N-dealkylation sites (tertiary alicyclic amines) is 1. The molecule has 2 aliphatic rings. The van der Waals surface area contributed by atoms with Crippen LogP contribution in [0.4, 0.5) is 0 Å². The van der Waals surface area contributed by atoms with Crippen LogP contribution in [-0.2, 0) is 9.84 Å². The zero-order chi connectivity index (χ0) is 13.0. The first kappa shape index (κ1) is 14.3. The molecule has 0 bridgehead atoms. The molecule has 4 heteroatoms. The summed E-state index contributed by atoms with van der Waals surface area (Å²) >= 11 is 0. The molecule has 0 aromatic carbocycles. The molecule has 0 unspecified atom stereocenters. The zero-order valence-electron chi connectivity index (χ0n) is 11.6. The van der Waals surface area contributed by atoms with E-state index in [-0.39, 0.29) is 5.25 Å². The van der Waals surface area contributed by atoms with Gasteiger partial charge in [0.1, 0.15) is 9.84 Å². The Hall–Kier alpha value is -0.0900. The van der Waals surface area contributed by atoms with Crippen molar-refractivity contribution >= 4 is 9.84 Å². The van der Waals surface area contributed by atoms with E-state index >= 15 is 0 Å². The summed E-state index contributed by atoms with van der Waals surface area (Å²) < 4.78 is 23.1. The largest absolute Gasteiger partial charge is 0.300 e. The maximum atomic E-state index is 11.6. The predicted octanol–water partition coefficient (Wildman–Crippen LogP) is 2.61. The first-order chi connectivity index (χ1) is 8.57. The molecule has 1 aliphatic carbocycles. The maximum Gasteiger partial charge on any atom is 0.150 e. The molecule has 106 valence electrons. The Kier molecular flexibility index (Phi) is 5.07. The Morgan fingerprint density at radius 3 is 1.83 bits per heavy atom. The molecular formula is C14H27NO2S. The van der Waals surface area contributed by atoms with Gasteiger partial charge in [0.25, 0.3) is 0 Å². The van der Waals surface area contributed by atoms with E-state index < -0.39 is 9.84 Å². The third-order valence-corrected chi connectivity index (χ3v) is 6.36. The monoisotopic (exact) mass is 273 g/mol. The quantitative estimate of drug-likeness (QED) is 0.776. The van der Waals surface area contributed by atoms with Crippen LogP contribution in [0.1, 0.15) is 57.8 Å². The van der Waals surface area contributed by atoms with Gasteiger partial charge in [-0.25, -0.2) is 8.42 Å². The molecule has 0 radical (unpaired) electrons. The van der Waals surface area contributed by atoms with Gasteiger partial charge in [-0.05, 0) is 38.8 Å². The van der Waals surface area contributed by atoms with Crippen molar-refractivity contribution in [1.82, 2.24) is 4.90 Å². The highest BCUT2D eigenvalue weighted by Gasteiger charge is 2.29. The van der Waals surface area contributed by atoms with Gasteiger partial charge in [-0.3, -0.25) is 0 Å². The Bertz CT molecular complexity index is 337. The van der Waals surface area contributed by atoms with Crippen molar-refractivity contribution in [3.05, 3.63) is 0 Å². The third kappa shape index (κ3) is 3.95. The van der Waals surface area contributed by atoms with Crippen molar-refractivity contribution in [3.63, 3.8) is 0 Å². The van der Waals surface area contributed by atoms with Gasteiger partial charge in [0.05, 0.1) is 5.25 Å². The lowest BCUT2D eigenvalue weighted by Gasteiger charge is -2.38.